The van der Waals surface area contributed by atoms with Gasteiger partial charge in [-0.25, -0.2) is 0 Å². The summed E-state index contributed by atoms with van der Waals surface area (Å²) >= 11 is 5.84. The second kappa shape index (κ2) is 4.67. The molecule has 0 atom stereocenters. The number of aromatic hydroxyl groups is 1. The number of phenolic OH excluding ortho intramolecular Hbond substituents is 1. The normalized spacial score (nSPS) is 10.5. The smallest absolute Gasteiger partial charge is 0.134 e. The van der Waals surface area contributed by atoms with Crippen LogP contribution in [0.25, 0.3) is 0 Å². The maximum atomic E-state index is 9.32. The molecule has 2 rings (SSSR count). The Morgan fingerprint density at radius 2 is 2.18 bits per heavy atom. The number of hydrogen-bond donors (Lipinski definition) is 3. The van der Waals surface area contributed by atoms with Crippen molar-refractivity contribution in [2.24, 2.45) is 0 Å². The summed E-state index contributed by atoms with van der Waals surface area (Å²) in [6, 6.07) is 5.17. The first-order valence-corrected chi connectivity index (χ1v) is 5.68. The molecule has 4 nitrogen and oxygen atoms in total. The van der Waals surface area contributed by atoms with Crippen LogP contribution in [-0.2, 0) is 6.54 Å². The minimum Gasteiger partial charge on any atom is -0.506 e. The van der Waals surface area contributed by atoms with Crippen molar-refractivity contribution in [1.29, 1.82) is 0 Å². The van der Waals surface area contributed by atoms with Crippen LogP contribution in [0.4, 0.5) is 5.69 Å². The predicted octanol–water partition coefficient (Wildman–Crippen LogP) is 3.00. The Labute approximate surface area is 105 Å². The van der Waals surface area contributed by atoms with Crippen LogP contribution in [0.3, 0.4) is 0 Å². The van der Waals surface area contributed by atoms with Gasteiger partial charge < -0.3 is 10.4 Å². The van der Waals surface area contributed by atoms with E-state index in [0.717, 1.165) is 22.6 Å². The molecule has 0 radical (unpaired) electrons. The number of halogens is 1. The Morgan fingerprint density at radius 1 is 1.41 bits per heavy atom. The lowest BCUT2D eigenvalue weighted by molar-refractivity contribution is 0.475. The SMILES string of the molecule is Cc1n[nH]c(C)c1NCc1ccc(O)c(Cl)c1. The van der Waals surface area contributed by atoms with Gasteiger partial charge in [0.1, 0.15) is 5.75 Å². The summed E-state index contributed by atoms with van der Waals surface area (Å²) in [6.07, 6.45) is 0. The summed E-state index contributed by atoms with van der Waals surface area (Å²) in [6.45, 7) is 4.54. The van der Waals surface area contributed by atoms with E-state index in [1.165, 1.54) is 0 Å². The van der Waals surface area contributed by atoms with Crippen LogP contribution in [-0.4, -0.2) is 15.3 Å². The highest BCUT2D eigenvalue weighted by molar-refractivity contribution is 6.32. The van der Waals surface area contributed by atoms with Crippen molar-refractivity contribution in [2.45, 2.75) is 20.4 Å². The maximum absolute atomic E-state index is 9.32. The average Bonchev–Trinajstić information content (AvgIpc) is 2.61. The minimum atomic E-state index is 0.103. The molecule has 0 aliphatic carbocycles. The lowest BCUT2D eigenvalue weighted by atomic mass is 10.2. The molecule has 1 aromatic heterocycles. The van der Waals surface area contributed by atoms with Gasteiger partial charge in [-0.3, -0.25) is 5.10 Å². The van der Waals surface area contributed by atoms with Crippen molar-refractivity contribution in [3.05, 3.63) is 40.2 Å². The number of nitrogens with zero attached hydrogens (tertiary/aromatic N) is 1. The number of aromatic nitrogens is 2. The first-order valence-electron chi connectivity index (χ1n) is 5.30. The molecule has 5 heteroatoms. The van der Waals surface area contributed by atoms with Crippen LogP contribution in [0.15, 0.2) is 18.2 Å². The van der Waals surface area contributed by atoms with Crippen LogP contribution >= 0.6 is 11.6 Å². The van der Waals surface area contributed by atoms with E-state index in [1.807, 2.05) is 19.9 Å². The Hall–Kier alpha value is -1.68. The third-order valence-corrected chi connectivity index (χ3v) is 2.91. The van der Waals surface area contributed by atoms with Gasteiger partial charge in [0, 0.05) is 6.54 Å². The Kier molecular flexibility index (Phi) is 3.24. The molecule has 0 saturated carbocycles. The highest BCUT2D eigenvalue weighted by atomic mass is 35.5. The molecule has 90 valence electrons. The average molecular weight is 252 g/mol. The van der Waals surface area contributed by atoms with Crippen molar-refractivity contribution in [3.8, 4) is 5.75 Å². The van der Waals surface area contributed by atoms with Gasteiger partial charge in [-0.05, 0) is 31.5 Å². The van der Waals surface area contributed by atoms with E-state index in [1.54, 1.807) is 12.1 Å². The zero-order valence-electron chi connectivity index (χ0n) is 9.71. The number of phenols is 1. The lowest BCUT2D eigenvalue weighted by Crippen LogP contribution is -2.01. The molecule has 0 aliphatic heterocycles. The summed E-state index contributed by atoms with van der Waals surface area (Å²) < 4.78 is 0. The topological polar surface area (TPSA) is 60.9 Å². The van der Waals surface area contributed by atoms with Crippen molar-refractivity contribution in [2.75, 3.05) is 5.32 Å². The molecule has 0 unspecified atom stereocenters. The van der Waals surface area contributed by atoms with Gasteiger partial charge >= 0.3 is 0 Å². The van der Waals surface area contributed by atoms with Gasteiger partial charge in [-0.1, -0.05) is 17.7 Å². The van der Waals surface area contributed by atoms with Gasteiger partial charge in [0.15, 0.2) is 0 Å². The largest absolute Gasteiger partial charge is 0.506 e. The van der Waals surface area contributed by atoms with Crippen LogP contribution in [0.2, 0.25) is 5.02 Å². The monoisotopic (exact) mass is 251 g/mol. The number of rotatable bonds is 3. The number of nitrogens with one attached hydrogen (secondary N) is 2. The van der Waals surface area contributed by atoms with Gasteiger partial charge in [-0.2, -0.15) is 5.10 Å². The van der Waals surface area contributed by atoms with Gasteiger partial charge in [0.25, 0.3) is 0 Å². The van der Waals surface area contributed by atoms with Crippen molar-refractivity contribution in [3.63, 3.8) is 0 Å². The number of aromatic amines is 1. The zero-order chi connectivity index (χ0) is 12.4. The summed E-state index contributed by atoms with van der Waals surface area (Å²) in [5.74, 6) is 0.103. The highest BCUT2D eigenvalue weighted by Crippen LogP contribution is 2.24. The fourth-order valence-electron chi connectivity index (χ4n) is 1.66. The molecular weight excluding hydrogens is 238 g/mol. The third kappa shape index (κ3) is 2.53. The van der Waals surface area contributed by atoms with Gasteiger partial charge in [-0.15, -0.1) is 0 Å². The van der Waals surface area contributed by atoms with Crippen LogP contribution in [0.1, 0.15) is 17.0 Å². The fourth-order valence-corrected chi connectivity index (χ4v) is 1.87. The van der Waals surface area contributed by atoms with Gasteiger partial charge in [0.05, 0.1) is 22.1 Å². The summed E-state index contributed by atoms with van der Waals surface area (Å²) in [5, 5.41) is 20.0. The summed E-state index contributed by atoms with van der Waals surface area (Å²) in [4.78, 5) is 0. The van der Waals surface area contributed by atoms with Crippen LogP contribution in [0, 0.1) is 13.8 Å². The molecular formula is C12H14ClN3O. The summed E-state index contributed by atoms with van der Waals surface area (Å²) in [7, 11) is 0. The molecule has 1 heterocycles. The quantitative estimate of drug-likeness (QED) is 0.786. The molecule has 0 fully saturated rings. The standard InChI is InChI=1S/C12H14ClN3O/c1-7-12(8(2)16-15-7)14-6-9-3-4-11(17)10(13)5-9/h3-5,14,17H,6H2,1-2H3,(H,15,16). The summed E-state index contributed by atoms with van der Waals surface area (Å²) in [5.41, 5.74) is 3.96. The number of hydrogen-bond acceptors (Lipinski definition) is 3. The van der Waals surface area contributed by atoms with E-state index in [2.05, 4.69) is 15.5 Å². The van der Waals surface area contributed by atoms with E-state index >= 15 is 0 Å². The van der Waals surface area contributed by atoms with Crippen LogP contribution in [0.5, 0.6) is 5.75 Å². The minimum absolute atomic E-state index is 0.103. The lowest BCUT2D eigenvalue weighted by Gasteiger charge is -2.07. The van der Waals surface area contributed by atoms with Gasteiger partial charge in [0.2, 0.25) is 0 Å². The molecule has 0 saturated heterocycles. The molecule has 0 bridgehead atoms. The van der Waals surface area contributed by atoms with E-state index in [4.69, 9.17) is 11.6 Å². The van der Waals surface area contributed by atoms with E-state index < -0.39 is 0 Å². The highest BCUT2D eigenvalue weighted by Gasteiger charge is 2.06. The second-order valence-corrected chi connectivity index (χ2v) is 4.36. The predicted molar refractivity (Wildman–Crippen MR) is 68.5 cm³/mol. The molecule has 0 aliphatic rings. The van der Waals surface area contributed by atoms with E-state index in [0.29, 0.717) is 11.6 Å². The Balaban J connectivity index is 2.10. The second-order valence-electron chi connectivity index (χ2n) is 3.95. The number of benzene rings is 1. The number of H-pyrrole nitrogens is 1. The fraction of sp³-hybridized carbons (Fsp3) is 0.250. The van der Waals surface area contributed by atoms with Crippen molar-refractivity contribution >= 4 is 17.3 Å². The first kappa shape index (κ1) is 11.8. The molecule has 2 aromatic rings. The number of aryl methyl sites for hydroxylation is 2. The van der Waals surface area contributed by atoms with Crippen LogP contribution < -0.4 is 5.32 Å². The molecule has 0 amide bonds. The zero-order valence-corrected chi connectivity index (χ0v) is 10.5. The molecule has 17 heavy (non-hydrogen) atoms. The maximum Gasteiger partial charge on any atom is 0.134 e. The molecule has 0 spiro atoms. The number of anilines is 1. The molecule has 1 aromatic carbocycles. The van der Waals surface area contributed by atoms with E-state index in [-0.39, 0.29) is 5.75 Å². The molecule has 3 N–H and O–H groups in total. The van der Waals surface area contributed by atoms with E-state index in [9.17, 15) is 5.11 Å². The Morgan fingerprint density at radius 3 is 2.76 bits per heavy atom. The first-order chi connectivity index (χ1) is 8.08. The van der Waals surface area contributed by atoms with Crippen molar-refractivity contribution < 1.29 is 5.11 Å². The van der Waals surface area contributed by atoms with Crippen molar-refractivity contribution in [1.82, 2.24) is 10.2 Å². The third-order valence-electron chi connectivity index (χ3n) is 2.61. The Bertz CT molecular complexity index is 517.